The summed E-state index contributed by atoms with van der Waals surface area (Å²) in [4.78, 5) is 30.6. The molecule has 2 aliphatic heterocycles. The van der Waals surface area contributed by atoms with Gasteiger partial charge in [0.2, 0.25) is 5.82 Å². The summed E-state index contributed by atoms with van der Waals surface area (Å²) in [5.74, 6) is -1.54. The van der Waals surface area contributed by atoms with Crippen molar-refractivity contribution in [3.63, 3.8) is 0 Å². The number of likely N-dealkylation sites (N-methyl/N-ethyl adjacent to an activating group) is 1. The van der Waals surface area contributed by atoms with Crippen molar-refractivity contribution in [3.8, 4) is 11.3 Å². The molecular weight excluding hydrogens is 622 g/mol. The molecule has 0 aliphatic carbocycles. The Kier molecular flexibility index (Phi) is 9.93. The summed E-state index contributed by atoms with van der Waals surface area (Å²) < 4.78 is 56.7. The number of nitrogens with one attached hydrogen (secondary N) is 1. The zero-order valence-electron chi connectivity index (χ0n) is 24.4. The lowest BCUT2D eigenvalue weighted by atomic mass is 10.0. The number of carboxylic acid groups (broad SMARTS) is 1. The summed E-state index contributed by atoms with van der Waals surface area (Å²) in [5, 5.41) is 12.2. The van der Waals surface area contributed by atoms with Gasteiger partial charge in [0.15, 0.2) is 16.8 Å². The first kappa shape index (κ1) is 32.3. The fraction of sp³-hybridized carbons (Fsp3) is 0.517. The molecule has 2 atom stereocenters. The summed E-state index contributed by atoms with van der Waals surface area (Å²) in [7, 11) is 1.85. The van der Waals surface area contributed by atoms with Gasteiger partial charge in [-0.15, -0.1) is 0 Å². The Morgan fingerprint density at radius 2 is 2.00 bits per heavy atom. The highest BCUT2D eigenvalue weighted by Gasteiger charge is 2.33. The van der Waals surface area contributed by atoms with E-state index in [1.807, 2.05) is 11.9 Å². The summed E-state index contributed by atoms with van der Waals surface area (Å²) in [6, 6.07) is 3.72. The van der Waals surface area contributed by atoms with Gasteiger partial charge in [-0.3, -0.25) is 9.69 Å². The van der Waals surface area contributed by atoms with Gasteiger partial charge < -0.3 is 20.2 Å². The van der Waals surface area contributed by atoms with E-state index in [0.717, 1.165) is 49.2 Å². The largest absolute Gasteiger partial charge is 0.481 e. The van der Waals surface area contributed by atoms with Gasteiger partial charge in [0.05, 0.1) is 17.7 Å². The highest BCUT2D eigenvalue weighted by molar-refractivity contribution is 7.16. The first-order valence-corrected chi connectivity index (χ1v) is 15.6. The number of carbonyl (C=O) groups is 1. The second-order valence-electron chi connectivity index (χ2n) is 11.3. The maximum absolute atomic E-state index is 15.8. The topological polar surface area (TPSA) is 97.7 Å². The average molecular weight is 656 g/mol. The number of hydrogen-bond acceptors (Lipinski definition) is 9. The van der Waals surface area contributed by atoms with Gasteiger partial charge in [0, 0.05) is 53.7 Å². The molecule has 0 bridgehead atoms. The fourth-order valence-corrected chi connectivity index (χ4v) is 6.97. The van der Waals surface area contributed by atoms with Crippen molar-refractivity contribution in [2.24, 2.45) is 0 Å². The Hall–Kier alpha value is -3.07. The monoisotopic (exact) mass is 655 g/mol. The molecule has 2 aliphatic rings. The van der Waals surface area contributed by atoms with E-state index in [0.29, 0.717) is 37.9 Å². The molecule has 0 amide bonds. The van der Waals surface area contributed by atoms with Crippen molar-refractivity contribution in [2.45, 2.75) is 63.8 Å². The van der Waals surface area contributed by atoms with Crippen LogP contribution in [0.3, 0.4) is 0 Å². The van der Waals surface area contributed by atoms with Crippen LogP contribution in [0.15, 0.2) is 24.5 Å². The van der Waals surface area contributed by atoms with Crippen LogP contribution in [0.5, 0.6) is 0 Å². The van der Waals surface area contributed by atoms with Crippen LogP contribution in [0.1, 0.15) is 49.5 Å². The normalized spacial score (nSPS) is 19.6. The molecule has 2 fully saturated rings. The zero-order chi connectivity index (χ0) is 31.6. The average Bonchev–Trinajstić information content (AvgIpc) is 3.61. The number of piperidine rings is 1. The Balaban J connectivity index is 1.42. The second-order valence-corrected chi connectivity index (χ2v) is 12.9. The number of likely N-dealkylation sites (tertiary alicyclic amines) is 1. The number of carboxylic acids is 1. The molecule has 2 aromatic heterocycles. The quantitative estimate of drug-likeness (QED) is 0.237. The predicted octanol–water partition coefficient (Wildman–Crippen LogP) is 6.51. The van der Waals surface area contributed by atoms with E-state index in [4.69, 9.17) is 16.7 Å². The van der Waals surface area contributed by atoms with Crippen LogP contribution in [-0.2, 0) is 17.5 Å². The minimum Gasteiger partial charge on any atom is -0.481 e. The molecule has 0 unspecified atom stereocenters. The molecule has 0 saturated carbocycles. The number of thiazole rings is 1. The highest BCUT2D eigenvalue weighted by atomic mass is 35.5. The first-order chi connectivity index (χ1) is 20.9. The Morgan fingerprint density at radius 1 is 1.20 bits per heavy atom. The number of benzene rings is 1. The highest BCUT2D eigenvalue weighted by Crippen LogP contribution is 2.39. The molecular formula is C29H34ClF4N7O2S. The molecule has 5 rings (SSSR count). The number of aliphatic carboxylic acids is 1. The summed E-state index contributed by atoms with van der Waals surface area (Å²) >= 11 is 7.36. The maximum Gasteiger partial charge on any atom is 0.416 e. The fourth-order valence-electron chi connectivity index (χ4n) is 5.72. The zero-order valence-corrected chi connectivity index (χ0v) is 25.9. The smallest absolute Gasteiger partial charge is 0.416 e. The maximum atomic E-state index is 15.8. The molecule has 0 spiro atoms. The third-order valence-corrected chi connectivity index (χ3v) is 9.42. The van der Waals surface area contributed by atoms with E-state index < -0.39 is 23.5 Å². The summed E-state index contributed by atoms with van der Waals surface area (Å²) in [6.45, 7) is 4.85. The van der Waals surface area contributed by atoms with E-state index >= 15 is 4.39 Å². The van der Waals surface area contributed by atoms with Crippen LogP contribution < -0.4 is 10.2 Å². The molecule has 15 heteroatoms. The van der Waals surface area contributed by atoms with Gasteiger partial charge >= 0.3 is 12.1 Å². The standard InChI is InChI=1S/C29H34ClF4N7O2S/c1-17-5-3-4-8-40(17)15-22-25(18-11-19(29(32,33)34)13-20(30)12-18)37-28(44-22)38-26-24(31)27(36-16-35-26)41-10-6-21(14-41)39(2)9-7-23(42)43/h11-13,16-17,21H,3-10,14-15H2,1-2H3,(H,42,43)(H,35,36,37,38)/t17-,21+/m1/s1. The first-order valence-electron chi connectivity index (χ1n) is 14.5. The number of halogens is 5. The minimum absolute atomic E-state index is 0.0180. The van der Waals surface area contributed by atoms with Gasteiger partial charge in [-0.2, -0.15) is 17.6 Å². The number of alkyl halides is 3. The third kappa shape index (κ3) is 7.59. The van der Waals surface area contributed by atoms with Gasteiger partial charge in [-0.25, -0.2) is 15.0 Å². The molecule has 1 aromatic carbocycles. The van der Waals surface area contributed by atoms with Gasteiger partial charge in [-0.05, 0) is 58.0 Å². The van der Waals surface area contributed by atoms with Crippen LogP contribution in [-0.4, -0.2) is 81.1 Å². The molecule has 2 N–H and O–H groups in total. The lowest BCUT2D eigenvalue weighted by Gasteiger charge is -2.33. The Labute approximate surface area is 261 Å². The molecule has 0 radical (unpaired) electrons. The van der Waals surface area contributed by atoms with E-state index in [-0.39, 0.29) is 39.8 Å². The molecule has 3 aromatic rings. The Bertz CT molecular complexity index is 1490. The Morgan fingerprint density at radius 3 is 2.73 bits per heavy atom. The lowest BCUT2D eigenvalue weighted by Crippen LogP contribution is -2.36. The number of rotatable bonds is 10. The third-order valence-electron chi connectivity index (χ3n) is 8.24. The van der Waals surface area contributed by atoms with Crippen molar-refractivity contribution < 1.29 is 27.5 Å². The van der Waals surface area contributed by atoms with Gasteiger partial charge in [0.25, 0.3) is 0 Å². The number of anilines is 3. The van der Waals surface area contributed by atoms with E-state index in [9.17, 15) is 18.0 Å². The van der Waals surface area contributed by atoms with E-state index in [1.165, 1.54) is 23.7 Å². The molecule has 238 valence electrons. The minimum atomic E-state index is -4.58. The molecule has 44 heavy (non-hydrogen) atoms. The van der Waals surface area contributed by atoms with Crippen molar-refractivity contribution in [1.82, 2.24) is 24.8 Å². The van der Waals surface area contributed by atoms with Crippen molar-refractivity contribution in [2.75, 3.05) is 43.4 Å². The number of nitrogens with zero attached hydrogens (tertiary/aromatic N) is 6. The van der Waals surface area contributed by atoms with Gasteiger partial charge in [-0.1, -0.05) is 29.4 Å². The SMILES string of the molecule is C[C@@H]1CCCCN1Cc1sc(Nc2ncnc(N3CC[C@H](N(C)CCC(=O)O)C3)c2F)nc1-c1cc(Cl)cc(C(F)(F)F)c1. The van der Waals surface area contributed by atoms with Crippen LogP contribution >= 0.6 is 22.9 Å². The van der Waals surface area contributed by atoms with Crippen molar-refractivity contribution >= 4 is 45.7 Å². The van der Waals surface area contributed by atoms with E-state index in [2.05, 4.69) is 32.1 Å². The van der Waals surface area contributed by atoms with Crippen LogP contribution in [0.4, 0.5) is 34.3 Å². The predicted molar refractivity (Wildman–Crippen MR) is 162 cm³/mol. The van der Waals surface area contributed by atoms with Crippen LogP contribution in [0.2, 0.25) is 5.02 Å². The lowest BCUT2D eigenvalue weighted by molar-refractivity contribution is -0.138. The molecule has 9 nitrogen and oxygen atoms in total. The second kappa shape index (κ2) is 13.5. The number of aromatic nitrogens is 3. The van der Waals surface area contributed by atoms with Crippen LogP contribution in [0, 0.1) is 5.82 Å². The molecule has 4 heterocycles. The summed E-state index contributed by atoms with van der Waals surface area (Å²) in [6.07, 6.45) is 0.573. The van der Waals surface area contributed by atoms with Crippen LogP contribution in [0.25, 0.3) is 11.3 Å². The molecule has 2 saturated heterocycles. The van der Waals surface area contributed by atoms with Crippen molar-refractivity contribution in [1.29, 1.82) is 0 Å². The number of hydrogen-bond donors (Lipinski definition) is 2. The van der Waals surface area contributed by atoms with Crippen molar-refractivity contribution in [3.05, 3.63) is 45.8 Å². The summed E-state index contributed by atoms with van der Waals surface area (Å²) in [5.41, 5.74) is -0.290. The van der Waals surface area contributed by atoms with E-state index in [1.54, 1.807) is 4.90 Å². The van der Waals surface area contributed by atoms with Gasteiger partial charge in [0.1, 0.15) is 6.33 Å².